The zero-order valence-corrected chi connectivity index (χ0v) is 10.2. The van der Waals surface area contributed by atoms with E-state index >= 15 is 0 Å². The van der Waals surface area contributed by atoms with Gasteiger partial charge in [-0.1, -0.05) is 6.92 Å². The van der Waals surface area contributed by atoms with Crippen molar-refractivity contribution in [1.29, 1.82) is 0 Å². The number of fused-ring (bicyclic) bond motifs is 1. The molecule has 2 aromatic rings. The monoisotopic (exact) mass is 237 g/mol. The van der Waals surface area contributed by atoms with Crippen LogP contribution >= 0.6 is 11.8 Å². The van der Waals surface area contributed by atoms with Gasteiger partial charge in [-0.15, -0.1) is 10.2 Å². The third-order valence-electron chi connectivity index (χ3n) is 2.28. The summed E-state index contributed by atoms with van der Waals surface area (Å²) >= 11 is 1.86. The maximum atomic E-state index is 4.27. The lowest BCUT2D eigenvalue weighted by Gasteiger charge is -2.11. The summed E-state index contributed by atoms with van der Waals surface area (Å²) in [6, 6.07) is 0. The second-order valence-electron chi connectivity index (χ2n) is 3.78. The summed E-state index contributed by atoms with van der Waals surface area (Å²) in [6.45, 7) is 3.12. The average Bonchev–Trinajstić information content (AvgIpc) is 2.75. The van der Waals surface area contributed by atoms with E-state index < -0.39 is 0 Å². The number of anilines is 1. The minimum atomic E-state index is 0.611. The number of rotatable bonds is 5. The van der Waals surface area contributed by atoms with Crippen LogP contribution in [0.3, 0.4) is 0 Å². The molecule has 1 N–H and O–H groups in total. The van der Waals surface area contributed by atoms with Gasteiger partial charge in [0.15, 0.2) is 5.82 Å². The maximum Gasteiger partial charge on any atom is 0.203 e. The Hall–Kier alpha value is -1.30. The number of nitrogens with zero attached hydrogens (tertiary/aromatic N) is 4. The van der Waals surface area contributed by atoms with Crippen molar-refractivity contribution in [3.05, 3.63) is 18.7 Å². The highest BCUT2D eigenvalue weighted by Gasteiger charge is 2.06. The molecule has 0 aliphatic carbocycles. The largest absolute Gasteiger partial charge is 0.367 e. The molecular formula is C10H15N5S. The van der Waals surface area contributed by atoms with Crippen LogP contribution in [0.15, 0.2) is 18.7 Å². The third kappa shape index (κ3) is 2.44. The molecule has 86 valence electrons. The highest BCUT2D eigenvalue weighted by atomic mass is 32.2. The number of nitrogens with one attached hydrogen (secondary N) is 1. The topological polar surface area (TPSA) is 55.1 Å². The summed E-state index contributed by atoms with van der Waals surface area (Å²) < 4.78 is 1.86. The van der Waals surface area contributed by atoms with Crippen molar-refractivity contribution in [3.63, 3.8) is 0 Å². The van der Waals surface area contributed by atoms with E-state index in [-0.39, 0.29) is 0 Å². The van der Waals surface area contributed by atoms with Crippen molar-refractivity contribution in [2.24, 2.45) is 5.92 Å². The number of hydrogen-bond acceptors (Lipinski definition) is 5. The second-order valence-corrected chi connectivity index (χ2v) is 4.69. The van der Waals surface area contributed by atoms with Gasteiger partial charge < -0.3 is 5.32 Å². The zero-order valence-electron chi connectivity index (χ0n) is 9.42. The molecule has 2 aromatic heterocycles. The fourth-order valence-electron chi connectivity index (χ4n) is 1.50. The van der Waals surface area contributed by atoms with Gasteiger partial charge in [0.1, 0.15) is 6.33 Å². The van der Waals surface area contributed by atoms with Crippen molar-refractivity contribution in [2.75, 3.05) is 23.9 Å². The Labute approximate surface area is 98.7 Å². The zero-order chi connectivity index (χ0) is 11.4. The van der Waals surface area contributed by atoms with Gasteiger partial charge in [-0.3, -0.25) is 4.40 Å². The SMILES string of the molecule is CSCC(C)CNc1nccn2cnnc12. The van der Waals surface area contributed by atoms with Crippen LogP contribution in [-0.4, -0.2) is 38.1 Å². The Morgan fingerprint density at radius 1 is 1.56 bits per heavy atom. The second kappa shape index (κ2) is 5.16. The molecule has 0 saturated carbocycles. The van der Waals surface area contributed by atoms with Crippen LogP contribution in [0.5, 0.6) is 0 Å². The first-order valence-corrected chi connectivity index (χ1v) is 6.58. The summed E-state index contributed by atoms with van der Waals surface area (Å²) in [5, 5.41) is 11.2. The van der Waals surface area contributed by atoms with E-state index in [0.29, 0.717) is 5.92 Å². The minimum absolute atomic E-state index is 0.611. The lowest BCUT2D eigenvalue weighted by Crippen LogP contribution is -2.14. The van der Waals surface area contributed by atoms with Crippen molar-refractivity contribution in [2.45, 2.75) is 6.92 Å². The van der Waals surface area contributed by atoms with Crippen LogP contribution in [0.4, 0.5) is 5.82 Å². The first kappa shape index (κ1) is 11.2. The molecule has 0 fully saturated rings. The first-order valence-electron chi connectivity index (χ1n) is 5.18. The van der Waals surface area contributed by atoms with Crippen LogP contribution in [0, 0.1) is 5.92 Å². The average molecular weight is 237 g/mol. The molecule has 16 heavy (non-hydrogen) atoms. The van der Waals surface area contributed by atoms with Crippen molar-refractivity contribution < 1.29 is 0 Å². The molecule has 2 rings (SSSR count). The van der Waals surface area contributed by atoms with Gasteiger partial charge in [0, 0.05) is 18.9 Å². The van der Waals surface area contributed by atoms with Crippen molar-refractivity contribution in [1.82, 2.24) is 19.6 Å². The fourth-order valence-corrected chi connectivity index (χ4v) is 2.18. The molecule has 0 bridgehead atoms. The van der Waals surface area contributed by atoms with Gasteiger partial charge in [-0.05, 0) is 17.9 Å². The maximum absolute atomic E-state index is 4.27. The summed E-state index contributed by atoms with van der Waals surface area (Å²) in [4.78, 5) is 4.27. The van der Waals surface area contributed by atoms with Gasteiger partial charge in [0.2, 0.25) is 5.65 Å². The van der Waals surface area contributed by atoms with Gasteiger partial charge in [0.05, 0.1) is 0 Å². The van der Waals surface area contributed by atoms with Crippen molar-refractivity contribution in [3.8, 4) is 0 Å². The Kier molecular flexibility index (Phi) is 3.61. The van der Waals surface area contributed by atoms with Crippen LogP contribution < -0.4 is 5.32 Å². The van der Waals surface area contributed by atoms with Gasteiger partial charge in [-0.25, -0.2) is 4.98 Å². The number of thioether (sulfide) groups is 1. The van der Waals surface area contributed by atoms with Crippen LogP contribution in [0.2, 0.25) is 0 Å². The smallest absolute Gasteiger partial charge is 0.203 e. The minimum Gasteiger partial charge on any atom is -0.367 e. The molecule has 6 heteroatoms. The van der Waals surface area contributed by atoms with E-state index in [9.17, 15) is 0 Å². The molecule has 0 saturated heterocycles. The molecule has 1 unspecified atom stereocenters. The number of aromatic nitrogens is 4. The molecule has 0 aliphatic heterocycles. The molecular weight excluding hydrogens is 222 g/mol. The molecule has 2 heterocycles. The lowest BCUT2D eigenvalue weighted by molar-refractivity contribution is 0.699. The quantitative estimate of drug-likeness (QED) is 0.854. The first-order chi connectivity index (χ1) is 7.81. The van der Waals surface area contributed by atoms with E-state index in [1.165, 1.54) is 0 Å². The Morgan fingerprint density at radius 2 is 2.44 bits per heavy atom. The van der Waals surface area contributed by atoms with Gasteiger partial charge in [-0.2, -0.15) is 11.8 Å². The Balaban J connectivity index is 2.06. The van der Waals surface area contributed by atoms with E-state index in [1.54, 1.807) is 12.5 Å². The standard InChI is InChI=1S/C10H15N5S/c1-8(6-16-2)5-12-9-10-14-13-7-15(10)4-3-11-9/h3-4,7-8H,5-6H2,1-2H3,(H,11,12). The third-order valence-corrected chi connectivity index (χ3v) is 3.19. The lowest BCUT2D eigenvalue weighted by atomic mass is 10.2. The van der Waals surface area contributed by atoms with Crippen LogP contribution in [0.1, 0.15) is 6.92 Å². The van der Waals surface area contributed by atoms with Crippen LogP contribution in [0.25, 0.3) is 5.65 Å². The van der Waals surface area contributed by atoms with Crippen molar-refractivity contribution >= 4 is 23.2 Å². The molecule has 0 amide bonds. The van der Waals surface area contributed by atoms with E-state index in [4.69, 9.17) is 0 Å². The molecule has 0 radical (unpaired) electrons. The summed E-state index contributed by atoms with van der Waals surface area (Å²) in [5.74, 6) is 2.55. The Morgan fingerprint density at radius 3 is 3.25 bits per heavy atom. The number of hydrogen-bond donors (Lipinski definition) is 1. The van der Waals surface area contributed by atoms with E-state index in [0.717, 1.165) is 23.8 Å². The highest BCUT2D eigenvalue weighted by molar-refractivity contribution is 7.98. The summed E-state index contributed by atoms with van der Waals surface area (Å²) in [7, 11) is 0. The summed E-state index contributed by atoms with van der Waals surface area (Å²) in [5.41, 5.74) is 0.777. The van der Waals surface area contributed by atoms with Gasteiger partial charge >= 0.3 is 0 Å². The van der Waals surface area contributed by atoms with E-state index in [2.05, 4.69) is 33.7 Å². The molecule has 1 atom stereocenters. The molecule has 0 aromatic carbocycles. The normalized spacial score (nSPS) is 12.9. The van der Waals surface area contributed by atoms with Gasteiger partial charge in [0.25, 0.3) is 0 Å². The van der Waals surface area contributed by atoms with Crippen LogP contribution in [-0.2, 0) is 0 Å². The highest BCUT2D eigenvalue weighted by Crippen LogP contribution is 2.11. The summed E-state index contributed by atoms with van der Waals surface area (Å²) in [6.07, 6.45) is 7.38. The molecule has 5 nitrogen and oxygen atoms in total. The predicted molar refractivity (Wildman–Crippen MR) is 66.8 cm³/mol. The Bertz CT molecular complexity index is 455. The molecule has 0 spiro atoms. The molecule has 0 aliphatic rings. The fraction of sp³-hybridized carbons (Fsp3) is 0.500. The van der Waals surface area contributed by atoms with E-state index in [1.807, 2.05) is 22.4 Å². The predicted octanol–water partition coefficient (Wildman–Crippen LogP) is 1.54.